The van der Waals surface area contributed by atoms with Crippen molar-refractivity contribution < 1.29 is 8.42 Å². The van der Waals surface area contributed by atoms with E-state index in [2.05, 4.69) is 4.98 Å². The molecular formula is C10H16N2O2S. The highest BCUT2D eigenvalue weighted by Gasteiger charge is 2.12. The van der Waals surface area contributed by atoms with Crippen molar-refractivity contribution in [2.75, 3.05) is 12.0 Å². The van der Waals surface area contributed by atoms with Crippen molar-refractivity contribution in [1.82, 2.24) is 4.98 Å². The fraction of sp³-hybridized carbons (Fsp3) is 0.500. The van der Waals surface area contributed by atoms with Gasteiger partial charge in [0.2, 0.25) is 0 Å². The lowest BCUT2D eigenvalue weighted by Gasteiger charge is -2.12. The largest absolute Gasteiger partial charge is 0.323 e. The van der Waals surface area contributed by atoms with E-state index in [0.717, 1.165) is 11.3 Å². The molecule has 84 valence electrons. The maximum Gasteiger partial charge on any atom is 0.147 e. The van der Waals surface area contributed by atoms with E-state index in [9.17, 15) is 8.42 Å². The summed E-state index contributed by atoms with van der Waals surface area (Å²) in [6, 6.07) is 3.45. The van der Waals surface area contributed by atoms with Crippen molar-refractivity contribution in [2.24, 2.45) is 5.73 Å². The highest BCUT2D eigenvalue weighted by Crippen LogP contribution is 2.15. The Bertz CT molecular complexity index is 429. The van der Waals surface area contributed by atoms with Crippen molar-refractivity contribution in [2.45, 2.75) is 19.4 Å². The van der Waals surface area contributed by atoms with E-state index in [-0.39, 0.29) is 11.8 Å². The van der Waals surface area contributed by atoms with E-state index < -0.39 is 9.84 Å². The second-order valence-electron chi connectivity index (χ2n) is 3.73. The molecule has 0 spiro atoms. The van der Waals surface area contributed by atoms with Gasteiger partial charge >= 0.3 is 0 Å². The van der Waals surface area contributed by atoms with Crippen LogP contribution in [0.25, 0.3) is 0 Å². The van der Waals surface area contributed by atoms with Gasteiger partial charge in [0.15, 0.2) is 0 Å². The van der Waals surface area contributed by atoms with Crippen LogP contribution in [0.15, 0.2) is 18.3 Å². The van der Waals surface area contributed by atoms with Gasteiger partial charge in [-0.3, -0.25) is 4.98 Å². The third-order valence-corrected chi connectivity index (χ3v) is 3.18. The molecule has 1 aromatic rings. The van der Waals surface area contributed by atoms with Gasteiger partial charge in [-0.1, -0.05) is 6.07 Å². The third-order valence-electron chi connectivity index (χ3n) is 2.20. The lowest BCUT2D eigenvalue weighted by Crippen LogP contribution is -2.17. The lowest BCUT2D eigenvalue weighted by atomic mass is 10.1. The predicted molar refractivity (Wildman–Crippen MR) is 60.2 cm³/mol. The van der Waals surface area contributed by atoms with Crippen LogP contribution in [0, 0.1) is 6.92 Å². The Morgan fingerprint density at radius 1 is 1.53 bits per heavy atom. The molecule has 1 rings (SSSR count). The molecule has 1 unspecified atom stereocenters. The first kappa shape index (κ1) is 12.1. The van der Waals surface area contributed by atoms with E-state index in [1.54, 1.807) is 6.20 Å². The van der Waals surface area contributed by atoms with Gasteiger partial charge in [0, 0.05) is 18.5 Å². The Morgan fingerprint density at radius 3 is 2.73 bits per heavy atom. The molecule has 0 aliphatic carbocycles. The minimum atomic E-state index is -2.95. The molecule has 4 nitrogen and oxygen atoms in total. The average Bonchev–Trinajstić information content (AvgIpc) is 2.14. The van der Waals surface area contributed by atoms with Gasteiger partial charge in [-0.2, -0.15) is 0 Å². The number of sulfone groups is 1. The lowest BCUT2D eigenvalue weighted by molar-refractivity contribution is 0.589. The molecule has 0 saturated carbocycles. The predicted octanol–water partition coefficient (Wildman–Crippen LogP) is 0.825. The van der Waals surface area contributed by atoms with Crippen molar-refractivity contribution in [3.8, 4) is 0 Å². The minimum Gasteiger partial charge on any atom is -0.323 e. The number of hydrogen-bond donors (Lipinski definition) is 1. The van der Waals surface area contributed by atoms with E-state index in [1.165, 1.54) is 6.26 Å². The molecule has 1 aromatic heterocycles. The summed E-state index contributed by atoms with van der Waals surface area (Å²) in [5, 5.41) is 0. The SMILES string of the molecule is Cc1cccnc1C(N)CCS(C)(=O)=O. The molecule has 0 saturated heterocycles. The van der Waals surface area contributed by atoms with Crippen LogP contribution in [0.3, 0.4) is 0 Å². The molecule has 0 radical (unpaired) electrons. The van der Waals surface area contributed by atoms with Gasteiger partial charge in [0.25, 0.3) is 0 Å². The zero-order valence-electron chi connectivity index (χ0n) is 8.97. The zero-order chi connectivity index (χ0) is 11.5. The van der Waals surface area contributed by atoms with Crippen LogP contribution in [0.1, 0.15) is 23.7 Å². The molecule has 0 fully saturated rings. The Hall–Kier alpha value is -0.940. The molecule has 5 heteroatoms. The van der Waals surface area contributed by atoms with Crippen LogP contribution >= 0.6 is 0 Å². The van der Waals surface area contributed by atoms with E-state index in [4.69, 9.17) is 5.73 Å². The number of pyridine rings is 1. The zero-order valence-corrected chi connectivity index (χ0v) is 9.79. The van der Waals surface area contributed by atoms with E-state index in [1.807, 2.05) is 19.1 Å². The standard InChI is InChI=1S/C10H16N2O2S/c1-8-4-3-6-12-10(8)9(11)5-7-15(2,13)14/h3-4,6,9H,5,7,11H2,1-2H3. The van der Waals surface area contributed by atoms with E-state index in [0.29, 0.717) is 6.42 Å². The van der Waals surface area contributed by atoms with Crippen molar-refractivity contribution in [1.29, 1.82) is 0 Å². The summed E-state index contributed by atoms with van der Waals surface area (Å²) in [5.41, 5.74) is 7.65. The smallest absolute Gasteiger partial charge is 0.147 e. The fourth-order valence-electron chi connectivity index (χ4n) is 1.36. The van der Waals surface area contributed by atoms with Crippen molar-refractivity contribution >= 4 is 9.84 Å². The summed E-state index contributed by atoms with van der Waals surface area (Å²) in [5.74, 6) is 0.101. The summed E-state index contributed by atoms with van der Waals surface area (Å²) in [4.78, 5) is 4.16. The second kappa shape index (κ2) is 4.72. The van der Waals surface area contributed by atoms with Crippen LogP contribution in [-0.4, -0.2) is 25.4 Å². The fourth-order valence-corrected chi connectivity index (χ4v) is 2.05. The van der Waals surface area contributed by atoms with Crippen LogP contribution in [0.2, 0.25) is 0 Å². The Kier molecular flexibility index (Phi) is 3.82. The van der Waals surface area contributed by atoms with Crippen molar-refractivity contribution in [3.63, 3.8) is 0 Å². The molecular weight excluding hydrogens is 212 g/mol. The molecule has 0 bridgehead atoms. The van der Waals surface area contributed by atoms with Gasteiger partial charge in [0.05, 0.1) is 11.4 Å². The first-order chi connectivity index (χ1) is 6.90. The summed E-state index contributed by atoms with van der Waals surface area (Å²) >= 11 is 0. The van der Waals surface area contributed by atoms with Crippen molar-refractivity contribution in [3.05, 3.63) is 29.6 Å². The van der Waals surface area contributed by atoms with Gasteiger partial charge < -0.3 is 5.73 Å². The molecule has 0 aliphatic heterocycles. The number of nitrogens with two attached hydrogens (primary N) is 1. The first-order valence-corrected chi connectivity index (χ1v) is 6.81. The molecule has 2 N–H and O–H groups in total. The van der Waals surface area contributed by atoms with Crippen LogP contribution in [0.4, 0.5) is 0 Å². The third kappa shape index (κ3) is 3.97. The van der Waals surface area contributed by atoms with Crippen LogP contribution < -0.4 is 5.73 Å². The molecule has 15 heavy (non-hydrogen) atoms. The molecule has 1 atom stereocenters. The number of aromatic nitrogens is 1. The van der Waals surface area contributed by atoms with Gasteiger partial charge in [0.1, 0.15) is 9.84 Å². The molecule has 1 heterocycles. The Morgan fingerprint density at radius 2 is 2.20 bits per heavy atom. The summed E-state index contributed by atoms with van der Waals surface area (Å²) < 4.78 is 22.0. The highest BCUT2D eigenvalue weighted by atomic mass is 32.2. The van der Waals surface area contributed by atoms with Gasteiger partial charge in [-0.25, -0.2) is 8.42 Å². The topological polar surface area (TPSA) is 73.0 Å². The van der Waals surface area contributed by atoms with Crippen LogP contribution in [0.5, 0.6) is 0 Å². The number of hydrogen-bond acceptors (Lipinski definition) is 4. The molecule has 0 aliphatic rings. The number of aryl methyl sites for hydroxylation is 1. The monoisotopic (exact) mass is 228 g/mol. The summed E-state index contributed by atoms with van der Waals surface area (Å²) in [6.07, 6.45) is 3.30. The highest BCUT2D eigenvalue weighted by molar-refractivity contribution is 7.90. The molecule has 0 aromatic carbocycles. The maximum absolute atomic E-state index is 11.0. The Labute approximate surface area is 90.4 Å². The Balaban J connectivity index is 2.70. The maximum atomic E-state index is 11.0. The quantitative estimate of drug-likeness (QED) is 0.828. The van der Waals surface area contributed by atoms with Gasteiger partial charge in [-0.05, 0) is 25.0 Å². The summed E-state index contributed by atoms with van der Waals surface area (Å²) in [7, 11) is -2.95. The van der Waals surface area contributed by atoms with Crippen LogP contribution in [-0.2, 0) is 9.84 Å². The average molecular weight is 228 g/mol. The summed E-state index contributed by atoms with van der Waals surface area (Å²) in [6.45, 7) is 1.92. The number of rotatable bonds is 4. The normalized spacial score (nSPS) is 13.8. The first-order valence-electron chi connectivity index (χ1n) is 4.75. The van der Waals surface area contributed by atoms with E-state index >= 15 is 0 Å². The number of nitrogens with zero attached hydrogens (tertiary/aromatic N) is 1. The second-order valence-corrected chi connectivity index (χ2v) is 5.99. The minimum absolute atomic E-state index is 0.101. The van der Waals surface area contributed by atoms with Gasteiger partial charge in [-0.15, -0.1) is 0 Å². The molecule has 0 amide bonds.